The third kappa shape index (κ3) is 3.51. The Kier molecular flexibility index (Phi) is 5.28. The second-order valence-electron chi connectivity index (χ2n) is 5.63. The summed E-state index contributed by atoms with van der Waals surface area (Å²) >= 11 is 3.67. The Morgan fingerprint density at radius 2 is 2.21 bits per heavy atom. The third-order valence-electron chi connectivity index (χ3n) is 4.06. The summed E-state index contributed by atoms with van der Waals surface area (Å²) in [5, 5.41) is 0. The van der Waals surface area contributed by atoms with E-state index in [1.54, 1.807) is 0 Å². The second kappa shape index (κ2) is 6.76. The van der Waals surface area contributed by atoms with Gasteiger partial charge in [0.15, 0.2) is 0 Å². The molecule has 2 N–H and O–H groups in total. The molecule has 2 rings (SSSR count). The fraction of sp³-hybridized carbons (Fsp3) is 0.625. The average molecular weight is 325 g/mol. The molecule has 1 aromatic carbocycles. The van der Waals surface area contributed by atoms with E-state index in [4.69, 9.17) is 5.73 Å². The van der Waals surface area contributed by atoms with Gasteiger partial charge in [0.25, 0.3) is 0 Å². The van der Waals surface area contributed by atoms with Crippen molar-refractivity contribution in [2.45, 2.75) is 58.0 Å². The minimum Gasteiger partial charge on any atom is -0.369 e. The van der Waals surface area contributed by atoms with E-state index in [1.165, 1.54) is 49.9 Å². The van der Waals surface area contributed by atoms with Crippen LogP contribution in [0.15, 0.2) is 22.7 Å². The summed E-state index contributed by atoms with van der Waals surface area (Å²) in [6.07, 6.45) is 6.58. The summed E-state index contributed by atoms with van der Waals surface area (Å²) in [5.74, 6) is 0. The fourth-order valence-electron chi connectivity index (χ4n) is 3.04. The summed E-state index contributed by atoms with van der Waals surface area (Å²) in [7, 11) is 0. The van der Waals surface area contributed by atoms with Crippen LogP contribution < -0.4 is 10.6 Å². The topological polar surface area (TPSA) is 29.3 Å². The van der Waals surface area contributed by atoms with Crippen LogP contribution in [0.1, 0.15) is 57.6 Å². The Hall–Kier alpha value is -0.540. The molecule has 1 aliphatic rings. The Morgan fingerprint density at radius 1 is 1.42 bits per heavy atom. The minimum absolute atomic E-state index is 0.0798. The van der Waals surface area contributed by atoms with Gasteiger partial charge < -0.3 is 10.6 Å². The molecule has 1 heterocycles. The molecule has 19 heavy (non-hydrogen) atoms. The zero-order valence-electron chi connectivity index (χ0n) is 12.0. The fourth-order valence-corrected chi connectivity index (χ4v) is 3.77. The van der Waals surface area contributed by atoms with E-state index in [2.05, 4.69) is 46.0 Å². The van der Waals surface area contributed by atoms with E-state index in [1.807, 2.05) is 6.92 Å². The van der Waals surface area contributed by atoms with Crippen molar-refractivity contribution in [1.82, 2.24) is 0 Å². The molecule has 1 saturated heterocycles. The predicted octanol–water partition coefficient (Wildman–Crippen LogP) is 4.63. The molecule has 1 aliphatic heterocycles. The first-order valence-electron chi connectivity index (χ1n) is 7.45. The number of hydrogen-bond acceptors (Lipinski definition) is 2. The maximum absolute atomic E-state index is 5.97. The number of nitrogens with two attached hydrogens (primary N) is 1. The summed E-state index contributed by atoms with van der Waals surface area (Å²) in [4.78, 5) is 2.59. The molecular formula is C16H25BrN2. The monoisotopic (exact) mass is 324 g/mol. The molecule has 0 saturated carbocycles. The van der Waals surface area contributed by atoms with E-state index in [0.717, 1.165) is 4.47 Å². The van der Waals surface area contributed by atoms with Gasteiger partial charge in [-0.15, -0.1) is 0 Å². The number of piperidine rings is 1. The zero-order valence-corrected chi connectivity index (χ0v) is 13.6. The lowest BCUT2D eigenvalue weighted by atomic mass is 9.97. The average Bonchev–Trinajstić information content (AvgIpc) is 2.39. The predicted molar refractivity (Wildman–Crippen MR) is 86.6 cm³/mol. The van der Waals surface area contributed by atoms with Gasteiger partial charge in [0, 0.05) is 28.8 Å². The standard InChI is InChI=1S/C16H25BrN2/c1-3-6-13-7-4-5-10-19(13)14-8-9-15(12(2)18)16(17)11-14/h8-9,11-13H,3-7,10,18H2,1-2H3/t12-,13?/m1/s1. The molecule has 0 radical (unpaired) electrons. The molecule has 1 unspecified atom stereocenters. The molecule has 2 nitrogen and oxygen atoms in total. The molecule has 106 valence electrons. The maximum Gasteiger partial charge on any atom is 0.0380 e. The van der Waals surface area contributed by atoms with Gasteiger partial charge >= 0.3 is 0 Å². The number of nitrogens with zero attached hydrogens (tertiary/aromatic N) is 1. The number of anilines is 1. The highest BCUT2D eigenvalue weighted by Crippen LogP contribution is 2.32. The smallest absolute Gasteiger partial charge is 0.0380 e. The largest absolute Gasteiger partial charge is 0.369 e. The lowest BCUT2D eigenvalue weighted by Gasteiger charge is -2.38. The number of benzene rings is 1. The highest BCUT2D eigenvalue weighted by molar-refractivity contribution is 9.10. The van der Waals surface area contributed by atoms with Crippen LogP contribution in [0, 0.1) is 0 Å². The van der Waals surface area contributed by atoms with Gasteiger partial charge in [-0.05, 0) is 50.3 Å². The van der Waals surface area contributed by atoms with Crippen LogP contribution in [0.3, 0.4) is 0 Å². The van der Waals surface area contributed by atoms with Crippen LogP contribution in [-0.4, -0.2) is 12.6 Å². The first kappa shape index (κ1) is 14.9. The zero-order chi connectivity index (χ0) is 13.8. The summed E-state index contributed by atoms with van der Waals surface area (Å²) in [6, 6.07) is 7.44. The maximum atomic E-state index is 5.97. The van der Waals surface area contributed by atoms with Crippen LogP contribution in [0.2, 0.25) is 0 Å². The molecule has 1 fully saturated rings. The quantitative estimate of drug-likeness (QED) is 0.875. The lowest BCUT2D eigenvalue weighted by molar-refractivity contribution is 0.434. The van der Waals surface area contributed by atoms with E-state index in [9.17, 15) is 0 Å². The Bertz CT molecular complexity index is 415. The molecule has 0 aliphatic carbocycles. The third-order valence-corrected chi connectivity index (χ3v) is 4.74. The summed E-state index contributed by atoms with van der Waals surface area (Å²) < 4.78 is 1.14. The Balaban J connectivity index is 2.22. The van der Waals surface area contributed by atoms with Crippen molar-refractivity contribution in [2.75, 3.05) is 11.4 Å². The van der Waals surface area contributed by atoms with Gasteiger partial charge in [0.05, 0.1) is 0 Å². The van der Waals surface area contributed by atoms with Crippen molar-refractivity contribution >= 4 is 21.6 Å². The minimum atomic E-state index is 0.0798. The van der Waals surface area contributed by atoms with E-state index < -0.39 is 0 Å². The molecule has 2 atom stereocenters. The second-order valence-corrected chi connectivity index (χ2v) is 6.48. The first-order chi connectivity index (χ1) is 9.13. The van der Waals surface area contributed by atoms with Gasteiger partial charge in [-0.25, -0.2) is 0 Å². The molecule has 0 amide bonds. The highest BCUT2D eigenvalue weighted by Gasteiger charge is 2.22. The number of hydrogen-bond donors (Lipinski definition) is 1. The van der Waals surface area contributed by atoms with Crippen LogP contribution in [-0.2, 0) is 0 Å². The van der Waals surface area contributed by atoms with Crippen LogP contribution in [0.5, 0.6) is 0 Å². The molecule has 1 aromatic rings. The lowest BCUT2D eigenvalue weighted by Crippen LogP contribution is -2.39. The summed E-state index contributed by atoms with van der Waals surface area (Å²) in [5.41, 5.74) is 8.50. The Morgan fingerprint density at radius 3 is 2.84 bits per heavy atom. The highest BCUT2D eigenvalue weighted by atomic mass is 79.9. The van der Waals surface area contributed by atoms with Gasteiger partial charge in [-0.2, -0.15) is 0 Å². The Labute approximate surface area is 125 Å². The molecule has 0 spiro atoms. The first-order valence-corrected chi connectivity index (χ1v) is 8.24. The normalized spacial score (nSPS) is 21.5. The SMILES string of the molecule is CCCC1CCCCN1c1ccc([C@@H](C)N)c(Br)c1. The van der Waals surface area contributed by atoms with Crippen LogP contribution in [0.25, 0.3) is 0 Å². The number of halogens is 1. The van der Waals surface area contributed by atoms with Crippen LogP contribution in [0.4, 0.5) is 5.69 Å². The molecular weight excluding hydrogens is 300 g/mol. The van der Waals surface area contributed by atoms with Crippen LogP contribution >= 0.6 is 15.9 Å². The summed E-state index contributed by atoms with van der Waals surface area (Å²) in [6.45, 7) is 5.50. The van der Waals surface area contributed by atoms with E-state index >= 15 is 0 Å². The van der Waals surface area contributed by atoms with Gasteiger partial charge in [-0.1, -0.05) is 35.3 Å². The van der Waals surface area contributed by atoms with Crippen molar-refractivity contribution in [1.29, 1.82) is 0 Å². The molecule has 3 heteroatoms. The van der Waals surface area contributed by atoms with Crippen molar-refractivity contribution in [3.8, 4) is 0 Å². The van der Waals surface area contributed by atoms with Crippen molar-refractivity contribution in [3.63, 3.8) is 0 Å². The van der Waals surface area contributed by atoms with Crippen molar-refractivity contribution in [3.05, 3.63) is 28.2 Å². The van der Waals surface area contributed by atoms with Gasteiger partial charge in [0.1, 0.15) is 0 Å². The molecule has 0 aromatic heterocycles. The van der Waals surface area contributed by atoms with Gasteiger partial charge in [-0.3, -0.25) is 0 Å². The van der Waals surface area contributed by atoms with Crippen molar-refractivity contribution in [2.24, 2.45) is 5.73 Å². The molecule has 0 bridgehead atoms. The van der Waals surface area contributed by atoms with E-state index in [0.29, 0.717) is 6.04 Å². The van der Waals surface area contributed by atoms with Crippen molar-refractivity contribution < 1.29 is 0 Å². The van der Waals surface area contributed by atoms with E-state index in [-0.39, 0.29) is 6.04 Å². The van der Waals surface area contributed by atoms with Gasteiger partial charge in [0.2, 0.25) is 0 Å². The number of rotatable bonds is 4.